The molecule has 33 heavy (non-hydrogen) atoms. The highest BCUT2D eigenvalue weighted by Gasteiger charge is 2.78. The van der Waals surface area contributed by atoms with E-state index in [1.807, 2.05) is 33.8 Å². The number of benzene rings is 1. The molecule has 8 nitrogen and oxygen atoms in total. The minimum absolute atomic E-state index is 0.0618. The van der Waals surface area contributed by atoms with Crippen LogP contribution in [-0.2, 0) is 10.2 Å². The number of nitrogens with one attached hydrogen (secondary N) is 1. The van der Waals surface area contributed by atoms with E-state index in [4.69, 9.17) is 4.74 Å². The molecule has 4 aliphatic heterocycles. The van der Waals surface area contributed by atoms with Gasteiger partial charge in [0.2, 0.25) is 11.4 Å². The maximum absolute atomic E-state index is 13.8. The van der Waals surface area contributed by atoms with Crippen molar-refractivity contribution >= 4 is 17.4 Å². The molecule has 8 heteroatoms. The second kappa shape index (κ2) is 6.14. The Morgan fingerprint density at radius 3 is 2.70 bits per heavy atom. The molecule has 4 atom stereocenters. The molecule has 3 fully saturated rings. The summed E-state index contributed by atoms with van der Waals surface area (Å²) >= 11 is 0. The predicted octanol–water partition coefficient (Wildman–Crippen LogP) is 3.55. The molecule has 0 bridgehead atoms. The maximum Gasteiger partial charge on any atom is 0.239 e. The molecular formula is C25H31N3O5. The highest BCUT2D eigenvalue weighted by atomic mass is 16.6. The fourth-order valence-corrected chi connectivity index (χ4v) is 8.10. The molecule has 2 saturated heterocycles. The number of carbonyl (C=O) groups excluding carboxylic acids is 2. The lowest BCUT2D eigenvalue weighted by molar-refractivity contribution is -0.584. The highest BCUT2D eigenvalue weighted by Crippen LogP contribution is 2.68. The smallest absolute Gasteiger partial charge is 0.239 e. The molecule has 0 radical (unpaired) electrons. The first-order valence-corrected chi connectivity index (χ1v) is 12.0. The van der Waals surface area contributed by atoms with Gasteiger partial charge in [-0.15, -0.1) is 0 Å². The van der Waals surface area contributed by atoms with Gasteiger partial charge in [-0.25, -0.2) is 0 Å². The first-order chi connectivity index (χ1) is 15.4. The largest absolute Gasteiger partial charge is 0.487 e. The summed E-state index contributed by atoms with van der Waals surface area (Å²) in [7, 11) is 0. The summed E-state index contributed by atoms with van der Waals surface area (Å²) in [5.74, 6) is -0.0270. The molecule has 1 aromatic rings. The molecule has 1 amide bonds. The van der Waals surface area contributed by atoms with Crippen molar-refractivity contribution in [3.8, 4) is 5.75 Å². The van der Waals surface area contributed by atoms with Crippen LogP contribution in [-0.4, -0.2) is 51.8 Å². The number of nitro groups is 1. The summed E-state index contributed by atoms with van der Waals surface area (Å²) in [6, 6.07) is 4.00. The molecule has 6 rings (SSSR count). The summed E-state index contributed by atoms with van der Waals surface area (Å²) in [6.07, 6.45) is 3.25. The normalized spacial score (nSPS) is 37.7. The molecule has 1 spiro atoms. The third-order valence-electron chi connectivity index (χ3n) is 9.54. The molecule has 5 aliphatic rings. The van der Waals surface area contributed by atoms with Crippen LogP contribution < -0.4 is 10.1 Å². The van der Waals surface area contributed by atoms with E-state index in [1.54, 1.807) is 6.07 Å². The van der Waals surface area contributed by atoms with E-state index in [1.165, 1.54) is 0 Å². The van der Waals surface area contributed by atoms with Crippen LogP contribution in [0.5, 0.6) is 5.75 Å². The van der Waals surface area contributed by atoms with Crippen molar-refractivity contribution in [3.05, 3.63) is 33.4 Å². The number of nitrogens with zero attached hydrogens (tertiary/aromatic N) is 2. The fourth-order valence-electron chi connectivity index (χ4n) is 8.10. The van der Waals surface area contributed by atoms with Crippen LogP contribution in [0, 0.1) is 21.4 Å². The lowest BCUT2D eigenvalue weighted by atomic mass is 9.60. The number of anilines is 1. The van der Waals surface area contributed by atoms with Gasteiger partial charge in [-0.2, -0.15) is 0 Å². The van der Waals surface area contributed by atoms with Crippen molar-refractivity contribution in [2.75, 3.05) is 18.4 Å². The van der Waals surface area contributed by atoms with Crippen molar-refractivity contribution in [2.24, 2.45) is 11.3 Å². The number of rotatable bonds is 1. The van der Waals surface area contributed by atoms with Gasteiger partial charge in [-0.05, 0) is 56.7 Å². The third-order valence-corrected chi connectivity index (χ3v) is 9.54. The number of Topliss-reactive ketones (excluding diaryl/α,β-unsaturated/α-hetero) is 1. The average Bonchev–Trinajstić information content (AvgIpc) is 3.33. The molecule has 0 unspecified atom stereocenters. The fraction of sp³-hybridized carbons (Fsp3) is 0.680. The summed E-state index contributed by atoms with van der Waals surface area (Å²) < 4.78 is 6.07. The zero-order chi connectivity index (χ0) is 23.6. The first kappa shape index (κ1) is 21.1. The van der Waals surface area contributed by atoms with Crippen molar-refractivity contribution in [2.45, 2.75) is 82.4 Å². The Morgan fingerprint density at radius 2 is 1.97 bits per heavy atom. The number of ketones is 1. The van der Waals surface area contributed by atoms with Crippen molar-refractivity contribution < 1.29 is 19.2 Å². The molecule has 0 aromatic heterocycles. The molecule has 176 valence electrons. The number of hydrogen-bond donors (Lipinski definition) is 1. The molecule has 1 saturated carbocycles. The van der Waals surface area contributed by atoms with Crippen LogP contribution in [0.3, 0.4) is 0 Å². The number of hydrogen-bond acceptors (Lipinski definition) is 6. The van der Waals surface area contributed by atoms with Crippen LogP contribution in [0.4, 0.5) is 5.69 Å². The standard InChI is InChI=1S/C25H31N3O5/c1-22(2)11-16(29)19-17(33-22)8-7-15-20(19)26-21(30)25(15)12-24(28(31)32)13-27-9-5-6-14(27)10-18(24)23(25,3)4/h7-8,14,18H,5-6,9-13H2,1-4H3,(H,26,30)/t14-,18+,24-,25-/m1/s1. The first-order valence-electron chi connectivity index (χ1n) is 12.0. The van der Waals surface area contributed by atoms with Gasteiger partial charge in [0.15, 0.2) is 5.78 Å². The van der Waals surface area contributed by atoms with Crippen LogP contribution in [0.1, 0.15) is 75.7 Å². The Morgan fingerprint density at radius 1 is 1.21 bits per heavy atom. The number of piperidine rings is 1. The minimum Gasteiger partial charge on any atom is -0.487 e. The lowest BCUT2D eigenvalue weighted by Crippen LogP contribution is -2.59. The Kier molecular flexibility index (Phi) is 3.92. The van der Waals surface area contributed by atoms with E-state index in [0.717, 1.165) is 31.4 Å². The SMILES string of the molecule is CC1(C)CC(=O)c2c(ccc3c2NC(=O)[C@@]32C[C@@]3([N+](=O)[O-])CN4CCC[C@@H]4C[C@H]3C2(C)C)O1. The summed E-state index contributed by atoms with van der Waals surface area (Å²) in [6.45, 7) is 9.09. The van der Waals surface area contributed by atoms with Crippen molar-refractivity contribution in [3.63, 3.8) is 0 Å². The quantitative estimate of drug-likeness (QED) is 0.515. The molecule has 1 aliphatic carbocycles. The van der Waals surface area contributed by atoms with E-state index in [9.17, 15) is 19.7 Å². The van der Waals surface area contributed by atoms with E-state index in [2.05, 4.69) is 10.2 Å². The Labute approximate surface area is 193 Å². The lowest BCUT2D eigenvalue weighted by Gasteiger charge is -2.45. The van der Waals surface area contributed by atoms with E-state index >= 15 is 0 Å². The van der Waals surface area contributed by atoms with Gasteiger partial charge in [-0.1, -0.05) is 19.9 Å². The van der Waals surface area contributed by atoms with Gasteiger partial charge >= 0.3 is 0 Å². The molecular weight excluding hydrogens is 422 g/mol. The van der Waals surface area contributed by atoms with Gasteiger partial charge in [0.05, 0.1) is 29.6 Å². The Bertz CT molecular complexity index is 1130. The van der Waals surface area contributed by atoms with Gasteiger partial charge < -0.3 is 10.1 Å². The van der Waals surface area contributed by atoms with Crippen LogP contribution in [0.25, 0.3) is 0 Å². The summed E-state index contributed by atoms with van der Waals surface area (Å²) in [4.78, 5) is 41.9. The van der Waals surface area contributed by atoms with E-state index < -0.39 is 22.0 Å². The number of fused-ring (bicyclic) bond motifs is 6. The number of amides is 1. The maximum atomic E-state index is 13.8. The highest BCUT2D eigenvalue weighted by molar-refractivity contribution is 6.15. The predicted molar refractivity (Wildman–Crippen MR) is 121 cm³/mol. The van der Waals surface area contributed by atoms with Gasteiger partial charge in [0.1, 0.15) is 11.4 Å². The second-order valence-corrected chi connectivity index (χ2v) is 12.0. The van der Waals surface area contributed by atoms with Gasteiger partial charge in [0, 0.05) is 23.3 Å². The Balaban J connectivity index is 1.54. The third kappa shape index (κ3) is 2.40. The van der Waals surface area contributed by atoms with Crippen molar-refractivity contribution in [1.29, 1.82) is 0 Å². The second-order valence-electron chi connectivity index (χ2n) is 12.0. The van der Waals surface area contributed by atoms with E-state index in [0.29, 0.717) is 29.6 Å². The number of ether oxygens (including phenoxy) is 1. The molecule has 4 heterocycles. The van der Waals surface area contributed by atoms with Crippen LogP contribution in [0.2, 0.25) is 0 Å². The van der Waals surface area contributed by atoms with Crippen LogP contribution in [0.15, 0.2) is 12.1 Å². The zero-order valence-corrected chi connectivity index (χ0v) is 19.7. The monoisotopic (exact) mass is 453 g/mol. The number of carbonyl (C=O) groups is 2. The summed E-state index contributed by atoms with van der Waals surface area (Å²) in [5.41, 5.74) is -1.84. The van der Waals surface area contributed by atoms with Gasteiger partial charge in [-0.3, -0.25) is 24.6 Å². The molecule has 1 N–H and O–H groups in total. The van der Waals surface area contributed by atoms with Gasteiger partial charge in [0.25, 0.3) is 0 Å². The van der Waals surface area contributed by atoms with Crippen LogP contribution >= 0.6 is 0 Å². The summed E-state index contributed by atoms with van der Waals surface area (Å²) in [5, 5.41) is 15.7. The minimum atomic E-state index is -1.18. The average molecular weight is 454 g/mol. The Hall–Kier alpha value is -2.48. The zero-order valence-electron chi connectivity index (χ0n) is 19.7. The van der Waals surface area contributed by atoms with E-state index in [-0.39, 0.29) is 35.4 Å². The van der Waals surface area contributed by atoms with Crippen molar-refractivity contribution in [1.82, 2.24) is 4.90 Å². The molecule has 1 aromatic carbocycles. The topological polar surface area (TPSA) is 102 Å².